The topological polar surface area (TPSA) is 77.0 Å². The number of primary amides is 1. The Morgan fingerprint density at radius 1 is 1.41 bits per heavy atom. The van der Waals surface area contributed by atoms with Crippen molar-refractivity contribution in [1.82, 2.24) is 19.7 Å². The number of hydrogen-bond donors (Lipinski definition) is 1. The lowest BCUT2D eigenvalue weighted by Crippen LogP contribution is -2.36. The van der Waals surface area contributed by atoms with E-state index in [0.29, 0.717) is 11.5 Å². The molecule has 1 fully saturated rings. The van der Waals surface area contributed by atoms with E-state index in [0.717, 1.165) is 31.7 Å². The van der Waals surface area contributed by atoms with Gasteiger partial charge in [0, 0.05) is 25.2 Å². The van der Waals surface area contributed by atoms with Crippen LogP contribution in [0.1, 0.15) is 28.8 Å². The second-order valence-corrected chi connectivity index (χ2v) is 5.93. The Morgan fingerprint density at radius 3 is 3.09 bits per heavy atom. The summed E-state index contributed by atoms with van der Waals surface area (Å²) in [5.41, 5.74) is 7.06. The van der Waals surface area contributed by atoms with Crippen LogP contribution in [0.2, 0.25) is 0 Å². The highest BCUT2D eigenvalue weighted by atomic mass is 16.1. The van der Waals surface area contributed by atoms with Crippen molar-refractivity contribution in [3.63, 3.8) is 0 Å². The van der Waals surface area contributed by atoms with Crippen LogP contribution in [0.4, 0.5) is 0 Å². The molecule has 0 spiro atoms. The van der Waals surface area contributed by atoms with E-state index in [1.165, 1.54) is 12.8 Å². The quantitative estimate of drug-likeness (QED) is 0.902. The summed E-state index contributed by atoms with van der Waals surface area (Å²) in [7, 11) is 0. The number of rotatable bonds is 5. The van der Waals surface area contributed by atoms with Gasteiger partial charge in [-0.15, -0.1) is 0 Å². The third-order valence-electron chi connectivity index (χ3n) is 4.13. The Morgan fingerprint density at radius 2 is 2.32 bits per heavy atom. The molecular weight excluding hydrogens is 278 g/mol. The number of likely N-dealkylation sites (tertiary alicyclic amines) is 1. The number of benzene rings is 1. The van der Waals surface area contributed by atoms with Gasteiger partial charge in [0.2, 0.25) is 5.91 Å². The molecule has 1 saturated heterocycles. The van der Waals surface area contributed by atoms with E-state index in [2.05, 4.69) is 15.0 Å². The highest BCUT2D eigenvalue weighted by molar-refractivity contribution is 5.92. The van der Waals surface area contributed by atoms with Crippen LogP contribution < -0.4 is 5.73 Å². The summed E-state index contributed by atoms with van der Waals surface area (Å²) in [5, 5.41) is 4.19. The molecule has 1 atom stereocenters. The molecule has 1 amide bonds. The molecule has 2 heterocycles. The number of aromatic nitrogens is 3. The molecule has 0 aliphatic carbocycles. The molecule has 0 saturated carbocycles. The minimum atomic E-state index is -0.371. The van der Waals surface area contributed by atoms with Gasteiger partial charge in [0.25, 0.3) is 0 Å². The molecule has 1 aromatic carbocycles. The molecule has 0 bridgehead atoms. The molecule has 2 N–H and O–H groups in total. The SMILES string of the molecule is NC(=O)c1cccc(CN2CCCC(Cn3cncn3)C2)c1. The average Bonchev–Trinajstić information content (AvgIpc) is 3.01. The number of nitrogens with two attached hydrogens (primary N) is 1. The van der Waals surface area contributed by atoms with E-state index in [1.54, 1.807) is 18.7 Å². The highest BCUT2D eigenvalue weighted by Gasteiger charge is 2.20. The Balaban J connectivity index is 1.60. The molecule has 3 rings (SSSR count). The average molecular weight is 299 g/mol. The Kier molecular flexibility index (Phi) is 4.48. The maximum absolute atomic E-state index is 11.3. The van der Waals surface area contributed by atoms with Gasteiger partial charge >= 0.3 is 0 Å². The first kappa shape index (κ1) is 14.7. The lowest BCUT2D eigenvalue weighted by atomic mass is 9.97. The van der Waals surface area contributed by atoms with Gasteiger partial charge in [-0.1, -0.05) is 12.1 Å². The lowest BCUT2D eigenvalue weighted by molar-refractivity contribution is 0.1000. The number of carbonyl (C=O) groups excluding carboxylic acids is 1. The zero-order valence-corrected chi connectivity index (χ0v) is 12.6. The minimum Gasteiger partial charge on any atom is -0.366 e. The molecule has 116 valence electrons. The largest absolute Gasteiger partial charge is 0.366 e. The smallest absolute Gasteiger partial charge is 0.248 e. The first-order valence-corrected chi connectivity index (χ1v) is 7.64. The second kappa shape index (κ2) is 6.70. The van der Waals surface area contributed by atoms with Gasteiger partial charge in [-0.25, -0.2) is 4.98 Å². The number of amides is 1. The summed E-state index contributed by atoms with van der Waals surface area (Å²) in [6.45, 7) is 3.90. The van der Waals surface area contributed by atoms with Crippen molar-refractivity contribution in [1.29, 1.82) is 0 Å². The second-order valence-electron chi connectivity index (χ2n) is 5.93. The summed E-state index contributed by atoms with van der Waals surface area (Å²) < 4.78 is 1.90. The monoisotopic (exact) mass is 299 g/mol. The van der Waals surface area contributed by atoms with Gasteiger partial charge in [0.1, 0.15) is 12.7 Å². The summed E-state index contributed by atoms with van der Waals surface area (Å²) in [6.07, 6.45) is 5.76. The predicted octanol–water partition coefficient (Wildman–Crippen LogP) is 1.29. The van der Waals surface area contributed by atoms with Crippen molar-refractivity contribution >= 4 is 5.91 Å². The predicted molar refractivity (Wildman–Crippen MR) is 83.0 cm³/mol. The summed E-state index contributed by atoms with van der Waals surface area (Å²) in [5.74, 6) is 0.222. The van der Waals surface area contributed by atoms with Crippen LogP contribution in [0.25, 0.3) is 0 Å². The van der Waals surface area contributed by atoms with Crippen LogP contribution in [-0.2, 0) is 13.1 Å². The number of nitrogens with zero attached hydrogens (tertiary/aromatic N) is 4. The molecular formula is C16H21N5O. The third-order valence-corrected chi connectivity index (χ3v) is 4.13. The van der Waals surface area contributed by atoms with Crippen molar-refractivity contribution in [2.45, 2.75) is 25.9 Å². The summed E-state index contributed by atoms with van der Waals surface area (Å²) in [4.78, 5) is 17.7. The van der Waals surface area contributed by atoms with Crippen molar-refractivity contribution in [2.24, 2.45) is 11.7 Å². The van der Waals surface area contributed by atoms with Gasteiger partial charge < -0.3 is 5.73 Å². The van der Waals surface area contributed by atoms with Crippen molar-refractivity contribution < 1.29 is 4.79 Å². The Hall–Kier alpha value is -2.21. The molecule has 1 aliphatic rings. The van der Waals surface area contributed by atoms with Gasteiger partial charge in [-0.3, -0.25) is 14.4 Å². The van der Waals surface area contributed by atoms with Crippen LogP contribution in [0.5, 0.6) is 0 Å². The van der Waals surface area contributed by atoms with E-state index in [-0.39, 0.29) is 5.91 Å². The van der Waals surface area contributed by atoms with Crippen molar-refractivity contribution in [2.75, 3.05) is 13.1 Å². The van der Waals surface area contributed by atoms with E-state index >= 15 is 0 Å². The fraction of sp³-hybridized carbons (Fsp3) is 0.438. The van der Waals surface area contributed by atoms with E-state index in [4.69, 9.17) is 5.73 Å². The first-order chi connectivity index (χ1) is 10.7. The van der Waals surface area contributed by atoms with Crippen molar-refractivity contribution in [3.8, 4) is 0 Å². The summed E-state index contributed by atoms with van der Waals surface area (Å²) in [6, 6.07) is 7.60. The summed E-state index contributed by atoms with van der Waals surface area (Å²) >= 11 is 0. The highest BCUT2D eigenvalue weighted by Crippen LogP contribution is 2.20. The van der Waals surface area contributed by atoms with Crippen LogP contribution in [0, 0.1) is 5.92 Å². The van der Waals surface area contributed by atoms with E-state index < -0.39 is 0 Å². The molecule has 22 heavy (non-hydrogen) atoms. The molecule has 6 heteroatoms. The number of carbonyl (C=O) groups is 1. The Bertz CT molecular complexity index is 625. The van der Waals surface area contributed by atoms with Gasteiger partial charge in [0.05, 0.1) is 0 Å². The van der Waals surface area contributed by atoms with Crippen LogP contribution >= 0.6 is 0 Å². The molecule has 1 aliphatic heterocycles. The molecule has 6 nitrogen and oxygen atoms in total. The normalized spacial score (nSPS) is 19.2. The van der Waals surface area contributed by atoms with E-state index in [9.17, 15) is 4.79 Å². The van der Waals surface area contributed by atoms with Crippen LogP contribution in [-0.4, -0.2) is 38.7 Å². The van der Waals surface area contributed by atoms with Gasteiger partial charge in [-0.05, 0) is 43.0 Å². The molecule has 1 unspecified atom stereocenters. The number of piperidine rings is 1. The maximum Gasteiger partial charge on any atom is 0.248 e. The van der Waals surface area contributed by atoms with Crippen LogP contribution in [0.3, 0.4) is 0 Å². The van der Waals surface area contributed by atoms with E-state index in [1.807, 2.05) is 22.9 Å². The van der Waals surface area contributed by atoms with Gasteiger partial charge in [0.15, 0.2) is 0 Å². The standard InChI is InChI=1S/C16H21N5O/c17-16(22)15-5-1-3-13(7-15)8-20-6-2-4-14(9-20)10-21-12-18-11-19-21/h1,3,5,7,11-12,14H,2,4,6,8-10H2,(H2,17,22). The first-order valence-electron chi connectivity index (χ1n) is 7.64. The molecule has 1 aromatic heterocycles. The van der Waals surface area contributed by atoms with Crippen LogP contribution in [0.15, 0.2) is 36.9 Å². The zero-order valence-electron chi connectivity index (χ0n) is 12.6. The third kappa shape index (κ3) is 3.71. The maximum atomic E-state index is 11.3. The minimum absolute atomic E-state index is 0.371. The van der Waals surface area contributed by atoms with Gasteiger partial charge in [-0.2, -0.15) is 5.10 Å². The molecule has 0 radical (unpaired) electrons. The lowest BCUT2D eigenvalue weighted by Gasteiger charge is -2.32. The zero-order chi connectivity index (χ0) is 15.4. The fourth-order valence-corrected chi connectivity index (χ4v) is 3.12. The fourth-order valence-electron chi connectivity index (χ4n) is 3.12. The molecule has 2 aromatic rings. The van der Waals surface area contributed by atoms with Crippen molar-refractivity contribution in [3.05, 3.63) is 48.0 Å². The number of hydrogen-bond acceptors (Lipinski definition) is 4. The Labute approximate surface area is 129 Å².